The number of hydrogen-bond donors (Lipinski definition) is 1. The summed E-state index contributed by atoms with van der Waals surface area (Å²) in [5.74, 6) is 1.05. The van der Waals surface area contributed by atoms with Crippen molar-refractivity contribution < 1.29 is 14.3 Å². The number of amides is 1. The number of rotatable bonds is 4. The van der Waals surface area contributed by atoms with E-state index in [0.29, 0.717) is 18.6 Å². The quantitative estimate of drug-likeness (QED) is 0.909. The third kappa shape index (κ3) is 3.73. The highest BCUT2D eigenvalue weighted by atomic mass is 16.5. The summed E-state index contributed by atoms with van der Waals surface area (Å²) in [6.07, 6.45) is 4.61. The SMILES string of the molecule is C[C@@H](Oc1cccc2c1OC(C)(C)C2)C(=O)NC1(C#N)CCCCC1. The molecule has 1 heterocycles. The Hall–Kier alpha value is -2.22. The van der Waals surface area contributed by atoms with Crippen LogP contribution < -0.4 is 14.8 Å². The predicted molar refractivity (Wildman–Crippen MR) is 94.5 cm³/mol. The van der Waals surface area contributed by atoms with Gasteiger partial charge >= 0.3 is 0 Å². The molecule has 25 heavy (non-hydrogen) atoms. The number of benzene rings is 1. The topological polar surface area (TPSA) is 71.3 Å². The van der Waals surface area contributed by atoms with E-state index in [0.717, 1.165) is 37.0 Å². The zero-order chi connectivity index (χ0) is 18.1. The fraction of sp³-hybridized carbons (Fsp3) is 0.600. The molecule has 1 fully saturated rings. The van der Waals surface area contributed by atoms with E-state index in [-0.39, 0.29) is 11.5 Å². The van der Waals surface area contributed by atoms with Crippen LogP contribution in [0.2, 0.25) is 0 Å². The molecule has 3 rings (SSSR count). The van der Waals surface area contributed by atoms with E-state index in [1.165, 1.54) is 0 Å². The molecular formula is C20H26N2O3. The van der Waals surface area contributed by atoms with Crippen LogP contribution in [0.4, 0.5) is 0 Å². The van der Waals surface area contributed by atoms with Crippen LogP contribution in [0.5, 0.6) is 11.5 Å². The molecule has 5 nitrogen and oxygen atoms in total. The molecule has 1 aromatic rings. The first-order valence-electron chi connectivity index (χ1n) is 9.05. The Bertz CT molecular complexity index is 699. The third-order valence-electron chi connectivity index (χ3n) is 5.01. The molecular weight excluding hydrogens is 316 g/mol. The Kier molecular flexibility index (Phi) is 4.64. The zero-order valence-electron chi connectivity index (χ0n) is 15.2. The van der Waals surface area contributed by atoms with Crippen molar-refractivity contribution >= 4 is 5.91 Å². The molecule has 1 atom stereocenters. The number of fused-ring (bicyclic) bond motifs is 1. The lowest BCUT2D eigenvalue weighted by molar-refractivity contribution is -0.129. The van der Waals surface area contributed by atoms with Gasteiger partial charge in [-0.3, -0.25) is 4.79 Å². The van der Waals surface area contributed by atoms with Crippen molar-refractivity contribution in [3.05, 3.63) is 23.8 Å². The number of para-hydroxylation sites is 1. The molecule has 1 saturated carbocycles. The average Bonchev–Trinajstić information content (AvgIpc) is 2.90. The van der Waals surface area contributed by atoms with Crippen molar-refractivity contribution in [2.24, 2.45) is 0 Å². The van der Waals surface area contributed by atoms with Crippen molar-refractivity contribution in [3.8, 4) is 17.6 Å². The minimum atomic E-state index is -0.746. The van der Waals surface area contributed by atoms with Gasteiger partial charge in [0.2, 0.25) is 0 Å². The van der Waals surface area contributed by atoms with Crippen LogP contribution in [0.3, 0.4) is 0 Å². The molecule has 1 aliphatic carbocycles. The maximum atomic E-state index is 12.6. The molecule has 0 radical (unpaired) electrons. The maximum Gasteiger partial charge on any atom is 0.262 e. The molecule has 1 N–H and O–H groups in total. The molecule has 0 unspecified atom stereocenters. The molecule has 1 amide bonds. The van der Waals surface area contributed by atoms with Gasteiger partial charge in [0.25, 0.3) is 5.91 Å². The monoisotopic (exact) mass is 342 g/mol. The van der Waals surface area contributed by atoms with E-state index >= 15 is 0 Å². The Morgan fingerprint density at radius 1 is 1.32 bits per heavy atom. The van der Waals surface area contributed by atoms with Crippen molar-refractivity contribution in [1.82, 2.24) is 5.32 Å². The van der Waals surface area contributed by atoms with Gasteiger partial charge in [-0.2, -0.15) is 5.26 Å². The average molecular weight is 342 g/mol. The normalized spacial score (nSPS) is 21.4. The Morgan fingerprint density at radius 3 is 2.72 bits per heavy atom. The van der Waals surface area contributed by atoms with E-state index in [4.69, 9.17) is 9.47 Å². The maximum absolute atomic E-state index is 12.6. The third-order valence-corrected chi connectivity index (χ3v) is 5.01. The molecule has 2 aliphatic rings. The van der Waals surface area contributed by atoms with E-state index in [1.807, 2.05) is 32.0 Å². The van der Waals surface area contributed by atoms with Crippen LogP contribution in [-0.2, 0) is 11.2 Å². The summed E-state index contributed by atoms with van der Waals surface area (Å²) in [6.45, 7) is 5.78. The fourth-order valence-corrected chi connectivity index (χ4v) is 3.68. The van der Waals surface area contributed by atoms with Crippen LogP contribution in [0, 0.1) is 11.3 Å². The van der Waals surface area contributed by atoms with Gasteiger partial charge in [0.15, 0.2) is 17.6 Å². The number of carbonyl (C=O) groups is 1. The largest absolute Gasteiger partial charge is 0.483 e. The van der Waals surface area contributed by atoms with Crippen molar-refractivity contribution in [3.63, 3.8) is 0 Å². The van der Waals surface area contributed by atoms with Crippen molar-refractivity contribution in [2.75, 3.05) is 0 Å². The highest BCUT2D eigenvalue weighted by molar-refractivity contribution is 5.82. The molecule has 0 saturated heterocycles. The molecule has 5 heteroatoms. The summed E-state index contributed by atoms with van der Waals surface area (Å²) >= 11 is 0. The molecule has 0 aromatic heterocycles. The molecule has 134 valence electrons. The standard InChI is InChI=1S/C20H26N2O3/c1-14(18(23)22-20(13-21)10-5-4-6-11-20)24-16-9-7-8-15-12-19(2,3)25-17(15)16/h7-9,14H,4-6,10-12H2,1-3H3,(H,22,23)/t14-/m1/s1. The summed E-state index contributed by atoms with van der Waals surface area (Å²) < 4.78 is 11.9. The Morgan fingerprint density at radius 2 is 2.04 bits per heavy atom. The first-order chi connectivity index (χ1) is 11.8. The van der Waals surface area contributed by atoms with Gasteiger partial charge in [0.1, 0.15) is 11.1 Å². The van der Waals surface area contributed by atoms with E-state index < -0.39 is 11.6 Å². The lowest BCUT2D eigenvalue weighted by Gasteiger charge is -2.32. The lowest BCUT2D eigenvalue weighted by Crippen LogP contribution is -2.52. The number of hydrogen-bond acceptors (Lipinski definition) is 4. The minimum Gasteiger partial charge on any atom is -0.483 e. The van der Waals surface area contributed by atoms with Gasteiger partial charge in [0.05, 0.1) is 6.07 Å². The first kappa shape index (κ1) is 17.6. The van der Waals surface area contributed by atoms with Crippen LogP contribution in [0.15, 0.2) is 18.2 Å². The molecule has 1 aliphatic heterocycles. The Balaban J connectivity index is 1.69. The number of ether oxygens (including phenoxy) is 2. The first-order valence-corrected chi connectivity index (χ1v) is 9.05. The summed E-state index contributed by atoms with van der Waals surface area (Å²) in [5, 5.41) is 12.4. The smallest absolute Gasteiger partial charge is 0.262 e. The van der Waals surface area contributed by atoms with Crippen molar-refractivity contribution in [1.29, 1.82) is 5.26 Å². The highest BCUT2D eigenvalue weighted by Gasteiger charge is 2.36. The summed E-state index contributed by atoms with van der Waals surface area (Å²) in [5.41, 5.74) is 0.0838. The van der Waals surface area contributed by atoms with Gasteiger partial charge in [-0.1, -0.05) is 31.4 Å². The molecule has 0 spiro atoms. The highest BCUT2D eigenvalue weighted by Crippen LogP contribution is 2.42. The zero-order valence-corrected chi connectivity index (χ0v) is 15.2. The van der Waals surface area contributed by atoms with Crippen LogP contribution >= 0.6 is 0 Å². The summed E-state index contributed by atoms with van der Waals surface area (Å²) in [6, 6.07) is 8.07. The van der Waals surface area contributed by atoms with E-state index in [9.17, 15) is 10.1 Å². The van der Waals surface area contributed by atoms with Crippen LogP contribution in [-0.4, -0.2) is 23.2 Å². The van der Waals surface area contributed by atoms with E-state index in [2.05, 4.69) is 11.4 Å². The van der Waals surface area contributed by atoms with Gasteiger partial charge in [0, 0.05) is 12.0 Å². The minimum absolute atomic E-state index is 0.252. The van der Waals surface area contributed by atoms with Crippen LogP contribution in [0.25, 0.3) is 0 Å². The number of carbonyl (C=O) groups excluding carboxylic acids is 1. The number of nitrogens with one attached hydrogen (secondary N) is 1. The van der Waals surface area contributed by atoms with E-state index in [1.54, 1.807) is 6.92 Å². The second kappa shape index (κ2) is 6.59. The molecule has 0 bridgehead atoms. The summed E-state index contributed by atoms with van der Waals surface area (Å²) in [4.78, 5) is 12.6. The van der Waals surface area contributed by atoms with Gasteiger partial charge in [-0.15, -0.1) is 0 Å². The Labute approximate surface area is 149 Å². The second-order valence-corrected chi connectivity index (χ2v) is 7.79. The number of nitrogens with zero attached hydrogens (tertiary/aromatic N) is 1. The van der Waals surface area contributed by atoms with Crippen molar-refractivity contribution in [2.45, 2.75) is 76.5 Å². The second-order valence-electron chi connectivity index (χ2n) is 7.79. The number of nitriles is 1. The van der Waals surface area contributed by atoms with Gasteiger partial charge in [-0.05, 0) is 39.7 Å². The summed E-state index contributed by atoms with van der Waals surface area (Å²) in [7, 11) is 0. The fourth-order valence-electron chi connectivity index (χ4n) is 3.68. The molecule has 1 aromatic carbocycles. The van der Waals surface area contributed by atoms with Crippen LogP contribution in [0.1, 0.15) is 58.4 Å². The van der Waals surface area contributed by atoms with Gasteiger partial charge < -0.3 is 14.8 Å². The van der Waals surface area contributed by atoms with Gasteiger partial charge in [-0.25, -0.2) is 0 Å². The predicted octanol–water partition coefficient (Wildman–Crippen LogP) is 3.51. The lowest BCUT2D eigenvalue weighted by atomic mass is 9.83.